The zero-order valence-electron chi connectivity index (χ0n) is 15.7. The minimum absolute atomic E-state index is 0.0444. The Kier molecular flexibility index (Phi) is 5.61. The highest BCUT2D eigenvalue weighted by atomic mass is 32.2. The van der Waals surface area contributed by atoms with Gasteiger partial charge in [-0.05, 0) is 19.8 Å². The summed E-state index contributed by atoms with van der Waals surface area (Å²) in [5, 5.41) is 3.15. The van der Waals surface area contributed by atoms with Crippen molar-refractivity contribution >= 4 is 21.7 Å². The third-order valence-electron chi connectivity index (χ3n) is 5.02. The second-order valence-electron chi connectivity index (χ2n) is 6.91. The number of oxazole rings is 1. The van der Waals surface area contributed by atoms with Gasteiger partial charge in [-0.2, -0.15) is 10.1 Å². The first-order valence-corrected chi connectivity index (χ1v) is 10.2. The first-order chi connectivity index (χ1) is 13.5. The average molecular weight is 435 g/mol. The van der Waals surface area contributed by atoms with E-state index in [1.165, 1.54) is 18.2 Å². The van der Waals surface area contributed by atoms with Crippen molar-refractivity contribution in [2.24, 2.45) is 13.0 Å². The molecule has 0 spiro atoms. The Balaban J connectivity index is 1.73. The average Bonchev–Trinajstić information content (AvgIpc) is 3.31. The molecular weight excluding hydrogens is 415 g/mol. The number of aryl methyl sites for hydroxylation is 1. The fourth-order valence-corrected chi connectivity index (χ4v) is 5.14. The highest BCUT2D eigenvalue weighted by Gasteiger charge is 2.50. The second kappa shape index (κ2) is 7.69. The van der Waals surface area contributed by atoms with E-state index in [2.05, 4.69) is 15.4 Å². The van der Waals surface area contributed by atoms with Gasteiger partial charge in [0.15, 0.2) is 12.2 Å². The molecule has 160 valence electrons. The Morgan fingerprint density at radius 2 is 2.03 bits per heavy atom. The van der Waals surface area contributed by atoms with Crippen LogP contribution < -0.4 is 5.32 Å². The largest absolute Gasteiger partial charge is 0.449 e. The quantitative estimate of drug-likeness (QED) is 0.773. The van der Waals surface area contributed by atoms with E-state index in [1.807, 2.05) is 0 Å². The van der Waals surface area contributed by atoms with Crippen molar-refractivity contribution in [1.82, 2.24) is 19.7 Å². The number of sulfone groups is 1. The number of hydrogen-bond acceptors (Lipinski definition) is 6. The summed E-state index contributed by atoms with van der Waals surface area (Å²) in [4.78, 5) is 16.5. The molecule has 1 atom stereocenters. The molecule has 1 saturated heterocycles. The van der Waals surface area contributed by atoms with Gasteiger partial charge in [-0.1, -0.05) is 0 Å². The topological polar surface area (TPSA) is 110 Å². The maximum Gasteiger partial charge on any atom is 0.323 e. The van der Waals surface area contributed by atoms with E-state index in [0.29, 0.717) is 0 Å². The van der Waals surface area contributed by atoms with E-state index in [9.17, 15) is 22.0 Å². The molecule has 1 aliphatic heterocycles. The fraction of sp³-hybridized carbons (Fsp3) is 0.562. The summed E-state index contributed by atoms with van der Waals surface area (Å²) in [6.07, 6.45) is 0.206. The molecule has 2 amide bonds. The molecule has 0 radical (unpaired) electrons. The predicted octanol–water partition coefficient (Wildman–Crippen LogP) is 2.75. The van der Waals surface area contributed by atoms with Crippen LogP contribution in [0.25, 0.3) is 0 Å². The molecule has 2 aromatic heterocycles. The summed E-state index contributed by atoms with van der Waals surface area (Å²) in [7, 11) is -3.46. The van der Waals surface area contributed by atoms with Crippen LogP contribution in [0.1, 0.15) is 31.9 Å². The molecule has 9 nitrogen and oxygen atoms in total. The lowest BCUT2D eigenvalue weighted by Gasteiger charge is -2.37. The standard InChI is InChI=1S/C16H20F3N5O4S/c1-16(19,29(26,27)11-7-23(2)22-13(11)14(17)18)10-3-5-24(6-4-10)15(25)21-12-8-28-9-20-12/h7-10,14H,3-6H2,1-2H3,(H,21,25). The van der Waals surface area contributed by atoms with Crippen LogP contribution >= 0.6 is 0 Å². The Hall–Kier alpha value is -2.57. The molecule has 1 unspecified atom stereocenters. The van der Waals surface area contributed by atoms with Crippen molar-refractivity contribution in [2.45, 2.75) is 36.1 Å². The zero-order chi connectivity index (χ0) is 21.4. The molecule has 1 aliphatic rings. The van der Waals surface area contributed by atoms with Crippen LogP contribution in [-0.2, 0) is 16.9 Å². The number of amides is 2. The number of carbonyl (C=O) groups is 1. The van der Waals surface area contributed by atoms with E-state index < -0.39 is 43.8 Å². The van der Waals surface area contributed by atoms with E-state index in [1.54, 1.807) is 0 Å². The highest BCUT2D eigenvalue weighted by molar-refractivity contribution is 7.92. The Morgan fingerprint density at radius 1 is 1.38 bits per heavy atom. The summed E-state index contributed by atoms with van der Waals surface area (Å²) in [6, 6.07) is -0.479. The molecule has 1 fully saturated rings. The van der Waals surface area contributed by atoms with Crippen LogP contribution in [0.2, 0.25) is 0 Å². The van der Waals surface area contributed by atoms with Crippen LogP contribution in [0.5, 0.6) is 0 Å². The number of aromatic nitrogens is 3. The molecule has 3 rings (SSSR count). The van der Waals surface area contributed by atoms with Crippen molar-refractivity contribution in [3.8, 4) is 0 Å². The second-order valence-corrected chi connectivity index (χ2v) is 9.15. The first-order valence-electron chi connectivity index (χ1n) is 8.73. The number of anilines is 1. The first kappa shape index (κ1) is 21.1. The van der Waals surface area contributed by atoms with Crippen molar-refractivity contribution in [1.29, 1.82) is 0 Å². The SMILES string of the molecule is Cn1cc(S(=O)(=O)C(C)(F)C2CCN(C(=O)Nc3cocn3)CC2)c(C(F)F)n1. The minimum Gasteiger partial charge on any atom is -0.449 e. The number of hydrogen-bond donors (Lipinski definition) is 1. The molecule has 13 heteroatoms. The smallest absolute Gasteiger partial charge is 0.323 e. The number of halogens is 3. The van der Waals surface area contributed by atoms with Gasteiger partial charge < -0.3 is 9.32 Å². The van der Waals surface area contributed by atoms with Gasteiger partial charge in [0.05, 0.1) is 0 Å². The van der Waals surface area contributed by atoms with Gasteiger partial charge in [-0.15, -0.1) is 0 Å². The van der Waals surface area contributed by atoms with Crippen molar-refractivity contribution in [3.05, 3.63) is 24.5 Å². The predicted molar refractivity (Wildman–Crippen MR) is 94.7 cm³/mol. The monoisotopic (exact) mass is 435 g/mol. The summed E-state index contributed by atoms with van der Waals surface area (Å²) >= 11 is 0. The number of piperidine rings is 1. The number of alkyl halides is 3. The molecule has 3 heterocycles. The van der Waals surface area contributed by atoms with Gasteiger partial charge in [-0.3, -0.25) is 10.00 Å². The lowest BCUT2D eigenvalue weighted by molar-refractivity contribution is 0.116. The fourth-order valence-electron chi connectivity index (χ4n) is 3.34. The number of rotatable bonds is 5. The molecular formula is C16H20F3N5O4S. The van der Waals surface area contributed by atoms with Crippen LogP contribution in [0, 0.1) is 5.92 Å². The number of carbonyl (C=O) groups excluding carboxylic acids is 1. The molecule has 0 bridgehead atoms. The summed E-state index contributed by atoms with van der Waals surface area (Å²) in [5.41, 5.74) is -0.971. The molecule has 1 N–H and O–H groups in total. The number of urea groups is 1. The number of nitrogens with one attached hydrogen (secondary N) is 1. The maximum absolute atomic E-state index is 15.5. The summed E-state index contributed by atoms with van der Waals surface area (Å²) in [5.74, 6) is -0.763. The Morgan fingerprint density at radius 3 is 2.59 bits per heavy atom. The third kappa shape index (κ3) is 3.95. The minimum atomic E-state index is -4.74. The van der Waals surface area contributed by atoms with Gasteiger partial charge in [0, 0.05) is 32.3 Å². The van der Waals surface area contributed by atoms with Crippen LogP contribution in [0.15, 0.2) is 28.2 Å². The molecule has 0 aromatic carbocycles. The number of likely N-dealkylation sites (tertiary alicyclic amines) is 1. The molecule has 0 saturated carbocycles. The van der Waals surface area contributed by atoms with E-state index in [4.69, 9.17) is 4.42 Å². The Bertz CT molecular complexity index is 967. The summed E-state index contributed by atoms with van der Waals surface area (Å²) in [6.45, 7) is 1.07. The highest BCUT2D eigenvalue weighted by Crippen LogP contribution is 2.41. The van der Waals surface area contributed by atoms with Gasteiger partial charge in [-0.25, -0.2) is 26.4 Å². The Labute approximate surface area is 164 Å². The van der Waals surface area contributed by atoms with Crippen LogP contribution in [0.4, 0.5) is 23.8 Å². The number of nitrogens with zero attached hydrogens (tertiary/aromatic N) is 4. The van der Waals surface area contributed by atoms with Gasteiger partial charge in [0.1, 0.15) is 16.9 Å². The molecule has 0 aliphatic carbocycles. The lowest BCUT2D eigenvalue weighted by Crippen LogP contribution is -2.48. The van der Waals surface area contributed by atoms with E-state index >= 15 is 4.39 Å². The lowest BCUT2D eigenvalue weighted by atomic mass is 9.92. The van der Waals surface area contributed by atoms with Gasteiger partial charge >= 0.3 is 6.03 Å². The summed E-state index contributed by atoms with van der Waals surface area (Å²) < 4.78 is 73.2. The zero-order valence-corrected chi connectivity index (χ0v) is 16.5. The van der Waals surface area contributed by atoms with Crippen molar-refractivity contribution in [3.63, 3.8) is 0 Å². The normalized spacial score (nSPS) is 18.1. The van der Waals surface area contributed by atoms with E-state index in [-0.39, 0.29) is 31.7 Å². The molecule has 2 aromatic rings. The van der Waals surface area contributed by atoms with Crippen LogP contribution in [-0.4, -0.2) is 52.2 Å². The van der Waals surface area contributed by atoms with E-state index in [0.717, 1.165) is 24.2 Å². The van der Waals surface area contributed by atoms with Crippen LogP contribution in [0.3, 0.4) is 0 Å². The molecule has 29 heavy (non-hydrogen) atoms. The van der Waals surface area contributed by atoms with Gasteiger partial charge in [0.25, 0.3) is 6.43 Å². The maximum atomic E-state index is 15.5. The van der Waals surface area contributed by atoms with Crippen molar-refractivity contribution in [2.75, 3.05) is 18.4 Å². The van der Waals surface area contributed by atoms with Crippen molar-refractivity contribution < 1.29 is 30.8 Å². The van der Waals surface area contributed by atoms with Gasteiger partial charge in [0.2, 0.25) is 14.8 Å². The third-order valence-corrected chi connectivity index (χ3v) is 7.30.